The number of hydrogen-bond donors (Lipinski definition) is 3. The first kappa shape index (κ1) is 34.3. The minimum absolute atomic E-state index is 0.0206. The molecule has 0 spiro atoms. The van der Waals surface area contributed by atoms with Crippen molar-refractivity contribution in [2.24, 2.45) is 23.0 Å². The van der Waals surface area contributed by atoms with Gasteiger partial charge in [-0.15, -0.1) is 0 Å². The molecular formula is C37H56N6O3. The summed E-state index contributed by atoms with van der Waals surface area (Å²) in [6.45, 7) is 15.2. The molecule has 0 bridgehead atoms. The highest BCUT2D eigenvalue weighted by molar-refractivity contribution is 5.99. The van der Waals surface area contributed by atoms with Crippen LogP contribution >= 0.6 is 0 Å². The zero-order valence-corrected chi connectivity index (χ0v) is 28.9. The quantitative estimate of drug-likeness (QED) is 0.342. The maximum Gasteiger partial charge on any atom is 0.251 e. The molecule has 1 saturated carbocycles. The van der Waals surface area contributed by atoms with Crippen LogP contribution in [0.25, 0.3) is 11.1 Å². The zero-order chi connectivity index (χ0) is 33.0. The first-order valence-electron chi connectivity index (χ1n) is 17.5. The van der Waals surface area contributed by atoms with Gasteiger partial charge in [0.2, 0.25) is 5.91 Å². The molecule has 3 heterocycles. The Bertz CT molecular complexity index is 1350. The van der Waals surface area contributed by atoms with Crippen LogP contribution in [-0.2, 0) is 16.1 Å². The largest absolute Gasteiger partial charge is 0.379 e. The van der Waals surface area contributed by atoms with Gasteiger partial charge in [0, 0.05) is 74.4 Å². The molecule has 5 rings (SSSR count). The highest BCUT2D eigenvalue weighted by Gasteiger charge is 2.47. The number of ether oxygens (including phenoxy) is 1. The van der Waals surface area contributed by atoms with Gasteiger partial charge in [0.25, 0.3) is 5.91 Å². The Morgan fingerprint density at radius 3 is 2.52 bits per heavy atom. The molecule has 0 radical (unpaired) electrons. The second kappa shape index (κ2) is 14.8. The fourth-order valence-electron chi connectivity index (χ4n) is 7.95. The molecule has 2 amide bonds. The van der Waals surface area contributed by atoms with Crippen LogP contribution in [0.3, 0.4) is 0 Å². The molecule has 46 heavy (non-hydrogen) atoms. The number of benzene rings is 1. The molecule has 2 aromatic rings. The Morgan fingerprint density at radius 1 is 1.15 bits per heavy atom. The number of carbonyl (C=O) groups is 2. The maximum absolute atomic E-state index is 14.0. The lowest BCUT2D eigenvalue weighted by molar-refractivity contribution is -0.135. The van der Waals surface area contributed by atoms with Crippen molar-refractivity contribution in [1.82, 2.24) is 20.5 Å². The third-order valence-electron chi connectivity index (χ3n) is 11.5. The van der Waals surface area contributed by atoms with Crippen molar-refractivity contribution < 1.29 is 14.3 Å². The lowest BCUT2D eigenvalue weighted by Gasteiger charge is -2.48. The maximum atomic E-state index is 14.0. The third-order valence-corrected chi connectivity index (χ3v) is 11.5. The lowest BCUT2D eigenvalue weighted by Crippen LogP contribution is -2.60. The third kappa shape index (κ3) is 7.42. The highest BCUT2D eigenvalue weighted by atomic mass is 16.5. The van der Waals surface area contributed by atoms with Crippen LogP contribution in [0.2, 0.25) is 0 Å². The average molecular weight is 633 g/mol. The first-order valence-corrected chi connectivity index (χ1v) is 17.5. The predicted octanol–water partition coefficient (Wildman–Crippen LogP) is 4.90. The summed E-state index contributed by atoms with van der Waals surface area (Å²) >= 11 is 0. The molecule has 4 unspecified atom stereocenters. The highest BCUT2D eigenvalue weighted by Crippen LogP contribution is 2.43. The standard InChI is InChI=1S/C37H56N6O3/c1-7-14-37(5)25(3)33(36(45)41-26(37)4)22-40-35(44)32-19-28(20-34(24(32)2)42(6)31-12-9-29(38)10-13-31)27-8-11-30(39-21-27)23-43-15-17-46-18-16-43/h8,11,19-21,25-26,29,31,33H,7,9-10,12-18,22-23,38H2,1-6H3,(H,40,44)(H,41,45). The van der Waals surface area contributed by atoms with Gasteiger partial charge in [0.15, 0.2) is 0 Å². The van der Waals surface area contributed by atoms with Crippen molar-refractivity contribution in [2.45, 2.75) is 97.8 Å². The van der Waals surface area contributed by atoms with E-state index in [-0.39, 0.29) is 41.1 Å². The number of carbonyl (C=O) groups excluding carboxylic acids is 2. The molecule has 1 aromatic carbocycles. The van der Waals surface area contributed by atoms with E-state index in [0.717, 1.165) is 99.4 Å². The van der Waals surface area contributed by atoms with Crippen molar-refractivity contribution in [2.75, 3.05) is 44.8 Å². The number of nitrogens with two attached hydrogens (primary N) is 1. The molecule has 9 nitrogen and oxygen atoms in total. The van der Waals surface area contributed by atoms with Gasteiger partial charge in [0.05, 0.1) is 24.8 Å². The molecule has 4 atom stereocenters. The second-order valence-electron chi connectivity index (χ2n) is 14.4. The second-order valence-corrected chi connectivity index (χ2v) is 14.4. The van der Waals surface area contributed by atoms with Gasteiger partial charge in [0.1, 0.15) is 0 Å². The van der Waals surface area contributed by atoms with E-state index in [4.69, 9.17) is 15.5 Å². The number of piperidine rings is 1. The minimum atomic E-state index is -0.281. The first-order chi connectivity index (χ1) is 22.0. The van der Waals surface area contributed by atoms with Crippen LogP contribution in [0.5, 0.6) is 0 Å². The van der Waals surface area contributed by atoms with Crippen LogP contribution in [0.15, 0.2) is 30.5 Å². The Labute approximate surface area is 276 Å². The number of pyridine rings is 1. The molecule has 1 aliphatic carbocycles. The van der Waals surface area contributed by atoms with Gasteiger partial charge in [-0.1, -0.05) is 33.3 Å². The number of amides is 2. The van der Waals surface area contributed by atoms with E-state index in [9.17, 15) is 9.59 Å². The summed E-state index contributed by atoms with van der Waals surface area (Å²) in [5, 5.41) is 6.40. The number of nitrogens with zero attached hydrogens (tertiary/aromatic N) is 3. The van der Waals surface area contributed by atoms with Crippen molar-refractivity contribution >= 4 is 17.5 Å². The molecular weight excluding hydrogens is 576 g/mol. The summed E-state index contributed by atoms with van der Waals surface area (Å²) in [6, 6.07) is 9.13. The van der Waals surface area contributed by atoms with Crippen LogP contribution in [0.1, 0.15) is 87.8 Å². The van der Waals surface area contributed by atoms with E-state index >= 15 is 0 Å². The van der Waals surface area contributed by atoms with E-state index in [1.807, 2.05) is 19.2 Å². The van der Waals surface area contributed by atoms with E-state index in [1.54, 1.807) is 0 Å². The Morgan fingerprint density at radius 2 is 1.87 bits per heavy atom. The Kier molecular flexibility index (Phi) is 11.1. The van der Waals surface area contributed by atoms with Gasteiger partial charge in [-0.25, -0.2) is 0 Å². The smallest absolute Gasteiger partial charge is 0.251 e. The number of anilines is 1. The van der Waals surface area contributed by atoms with E-state index in [2.05, 4.69) is 73.4 Å². The van der Waals surface area contributed by atoms with Crippen LogP contribution in [0, 0.1) is 24.2 Å². The molecule has 2 aliphatic heterocycles. The van der Waals surface area contributed by atoms with Crippen LogP contribution in [-0.4, -0.2) is 79.7 Å². The molecule has 3 fully saturated rings. The average Bonchev–Trinajstić information content (AvgIpc) is 3.05. The summed E-state index contributed by atoms with van der Waals surface area (Å²) in [7, 11) is 2.14. The number of hydrogen-bond acceptors (Lipinski definition) is 7. The molecule has 2 saturated heterocycles. The van der Waals surface area contributed by atoms with Crippen LogP contribution < -0.4 is 21.3 Å². The lowest BCUT2D eigenvalue weighted by atomic mass is 9.62. The molecule has 9 heteroatoms. The summed E-state index contributed by atoms with van der Waals surface area (Å²) in [4.78, 5) is 36.7. The predicted molar refractivity (Wildman–Crippen MR) is 185 cm³/mol. The van der Waals surface area contributed by atoms with Gasteiger partial charge in [-0.2, -0.15) is 0 Å². The minimum Gasteiger partial charge on any atom is -0.379 e. The van der Waals surface area contributed by atoms with Crippen LogP contribution in [0.4, 0.5) is 5.69 Å². The zero-order valence-electron chi connectivity index (χ0n) is 28.9. The summed E-state index contributed by atoms with van der Waals surface area (Å²) < 4.78 is 5.49. The normalized spacial score (nSPS) is 28.8. The molecule has 252 valence electrons. The Balaban J connectivity index is 1.41. The van der Waals surface area contributed by atoms with E-state index in [0.29, 0.717) is 18.2 Å². The monoisotopic (exact) mass is 632 g/mol. The number of rotatable bonds is 10. The van der Waals surface area contributed by atoms with Crippen molar-refractivity contribution in [1.29, 1.82) is 0 Å². The fraction of sp³-hybridized carbons (Fsp3) is 0.649. The van der Waals surface area contributed by atoms with Gasteiger partial charge in [-0.05, 0) is 86.6 Å². The summed E-state index contributed by atoms with van der Waals surface area (Å²) in [5.74, 6) is -0.256. The number of nitrogens with one attached hydrogen (secondary N) is 2. The summed E-state index contributed by atoms with van der Waals surface area (Å²) in [6.07, 6.45) is 8.09. The van der Waals surface area contributed by atoms with Gasteiger partial charge in [-0.3, -0.25) is 19.5 Å². The fourth-order valence-corrected chi connectivity index (χ4v) is 7.95. The topological polar surface area (TPSA) is 113 Å². The number of aromatic nitrogens is 1. The molecule has 1 aromatic heterocycles. The molecule has 4 N–H and O–H groups in total. The van der Waals surface area contributed by atoms with Crippen molar-refractivity contribution in [3.63, 3.8) is 0 Å². The van der Waals surface area contributed by atoms with Crippen molar-refractivity contribution in [3.8, 4) is 11.1 Å². The number of morpholine rings is 1. The van der Waals surface area contributed by atoms with Crippen molar-refractivity contribution in [3.05, 3.63) is 47.3 Å². The van der Waals surface area contributed by atoms with Gasteiger partial charge < -0.3 is 26.0 Å². The van der Waals surface area contributed by atoms with E-state index in [1.165, 1.54) is 0 Å². The Hall–Kier alpha value is -3.01. The SMILES string of the molecule is CCCC1(C)C(C)NC(=O)C(CNC(=O)c2cc(-c3ccc(CN4CCOCC4)nc3)cc(N(C)C3CCC(N)CC3)c2C)C1C. The van der Waals surface area contributed by atoms with Gasteiger partial charge >= 0.3 is 0 Å². The van der Waals surface area contributed by atoms with E-state index < -0.39 is 0 Å². The molecule has 3 aliphatic rings. The summed E-state index contributed by atoms with van der Waals surface area (Å²) in [5.41, 5.74) is 11.8.